The summed E-state index contributed by atoms with van der Waals surface area (Å²) in [7, 11) is 0. The summed E-state index contributed by atoms with van der Waals surface area (Å²) in [6.07, 6.45) is 0.362. The topological polar surface area (TPSA) is 102 Å². The van der Waals surface area contributed by atoms with Crippen molar-refractivity contribution in [2.24, 2.45) is 5.92 Å². The summed E-state index contributed by atoms with van der Waals surface area (Å²) < 4.78 is 11.2. The highest BCUT2D eigenvalue weighted by Gasteiger charge is 2.22. The molecule has 0 aliphatic heterocycles. The fourth-order valence-electron chi connectivity index (χ4n) is 2.33. The maximum atomic E-state index is 12.3. The molecular weight excluding hydrogens is 404 g/mol. The average molecular weight is 425 g/mol. The summed E-state index contributed by atoms with van der Waals surface area (Å²) in [5.41, 5.74) is 1.01. The maximum Gasteiger partial charge on any atom is 0.326 e. The molecule has 0 radical (unpaired) electrons. The zero-order chi connectivity index (χ0) is 19.3. The van der Waals surface area contributed by atoms with Crippen LogP contribution in [0.15, 0.2) is 33.3 Å². The first-order valence-electron chi connectivity index (χ1n) is 8.14. The molecule has 1 heterocycles. The quantitative estimate of drug-likeness (QED) is 0.671. The Labute approximate surface area is 159 Å². The number of halogens is 1. The molecule has 0 saturated heterocycles. The lowest BCUT2D eigenvalue weighted by molar-refractivity contribution is -0.139. The second kappa shape index (κ2) is 8.84. The van der Waals surface area contributed by atoms with E-state index in [0.717, 1.165) is 0 Å². The number of amides is 1. The van der Waals surface area contributed by atoms with E-state index in [4.69, 9.17) is 9.26 Å². The Morgan fingerprint density at radius 1 is 1.35 bits per heavy atom. The zero-order valence-electron chi connectivity index (χ0n) is 14.8. The van der Waals surface area contributed by atoms with E-state index < -0.39 is 17.9 Å². The number of carboxylic acids is 1. The average Bonchev–Trinajstić information content (AvgIpc) is 2.97. The summed E-state index contributed by atoms with van der Waals surface area (Å²) in [6.45, 7) is 5.84. The molecule has 2 rings (SSSR count). The Balaban J connectivity index is 2.02. The first-order chi connectivity index (χ1) is 12.3. The van der Waals surface area contributed by atoms with Gasteiger partial charge < -0.3 is 19.7 Å². The van der Waals surface area contributed by atoms with Crippen LogP contribution in [0, 0.1) is 12.8 Å². The first kappa shape index (κ1) is 20.0. The summed E-state index contributed by atoms with van der Waals surface area (Å²) in [4.78, 5) is 23.6. The van der Waals surface area contributed by atoms with Gasteiger partial charge in [-0.1, -0.05) is 19.0 Å². The molecule has 26 heavy (non-hydrogen) atoms. The van der Waals surface area contributed by atoms with E-state index in [1.807, 2.05) is 13.8 Å². The highest BCUT2D eigenvalue weighted by atomic mass is 79.9. The molecule has 140 valence electrons. The summed E-state index contributed by atoms with van der Waals surface area (Å²) in [6, 6.07) is 5.67. The van der Waals surface area contributed by atoms with Crippen molar-refractivity contribution in [3.63, 3.8) is 0 Å². The maximum absolute atomic E-state index is 12.3. The van der Waals surface area contributed by atoms with E-state index in [9.17, 15) is 14.7 Å². The van der Waals surface area contributed by atoms with Crippen LogP contribution >= 0.6 is 15.9 Å². The summed E-state index contributed by atoms with van der Waals surface area (Å²) in [5, 5.41) is 15.6. The highest BCUT2D eigenvalue weighted by Crippen LogP contribution is 2.27. The molecule has 0 aliphatic rings. The monoisotopic (exact) mass is 424 g/mol. The van der Waals surface area contributed by atoms with E-state index in [0.29, 0.717) is 33.7 Å². The lowest BCUT2D eigenvalue weighted by atomic mass is 10.0. The molecule has 1 aromatic heterocycles. The predicted octanol–water partition coefficient (Wildman–Crippen LogP) is 3.55. The SMILES string of the molecule is Cc1cc(COc2ccc(C(=O)N[C@H](CC(C)C)C(=O)O)cc2Br)no1. The molecule has 1 amide bonds. The largest absolute Gasteiger partial charge is 0.486 e. The number of aryl methyl sites for hydroxylation is 1. The fourth-order valence-corrected chi connectivity index (χ4v) is 2.82. The standard InChI is InChI=1S/C18H21BrN2O5/c1-10(2)6-15(18(23)24)20-17(22)12-4-5-16(14(19)8-12)25-9-13-7-11(3)26-21-13/h4-5,7-8,10,15H,6,9H2,1-3H3,(H,20,22)(H,23,24)/t15-/m1/s1. The van der Waals surface area contributed by atoms with Crippen molar-refractivity contribution >= 4 is 27.8 Å². The number of carbonyl (C=O) groups is 2. The van der Waals surface area contributed by atoms with Gasteiger partial charge in [0.15, 0.2) is 0 Å². The van der Waals surface area contributed by atoms with E-state index >= 15 is 0 Å². The van der Waals surface area contributed by atoms with Crippen LogP contribution in [-0.4, -0.2) is 28.2 Å². The number of hydrogen-bond acceptors (Lipinski definition) is 5. The van der Waals surface area contributed by atoms with Gasteiger partial charge in [-0.2, -0.15) is 0 Å². The third-order valence-corrected chi connectivity index (χ3v) is 4.18. The minimum atomic E-state index is -1.05. The minimum Gasteiger partial charge on any atom is -0.486 e. The van der Waals surface area contributed by atoms with Crippen LogP contribution in [0.25, 0.3) is 0 Å². The van der Waals surface area contributed by atoms with Gasteiger partial charge in [0, 0.05) is 11.6 Å². The van der Waals surface area contributed by atoms with Gasteiger partial charge in [-0.25, -0.2) is 4.79 Å². The Kier molecular flexibility index (Phi) is 6.79. The molecule has 2 aromatic rings. The van der Waals surface area contributed by atoms with E-state index in [1.54, 1.807) is 31.2 Å². The third kappa shape index (κ3) is 5.59. The van der Waals surface area contributed by atoms with Gasteiger partial charge in [0.05, 0.1) is 4.47 Å². The lowest BCUT2D eigenvalue weighted by Crippen LogP contribution is -2.41. The summed E-state index contributed by atoms with van der Waals surface area (Å²) >= 11 is 3.36. The predicted molar refractivity (Wildman–Crippen MR) is 98.1 cm³/mol. The lowest BCUT2D eigenvalue weighted by Gasteiger charge is -2.17. The number of ether oxygens (including phenoxy) is 1. The van der Waals surface area contributed by atoms with Gasteiger partial charge >= 0.3 is 5.97 Å². The van der Waals surface area contributed by atoms with E-state index in [1.165, 1.54) is 0 Å². The summed E-state index contributed by atoms with van der Waals surface area (Å²) in [5.74, 6) is -0.103. The second-order valence-electron chi connectivity index (χ2n) is 6.36. The van der Waals surface area contributed by atoms with Crippen molar-refractivity contribution in [1.82, 2.24) is 10.5 Å². The molecule has 0 bridgehead atoms. The van der Waals surface area contributed by atoms with Crippen LogP contribution in [0.2, 0.25) is 0 Å². The molecule has 2 N–H and O–H groups in total. The van der Waals surface area contributed by atoms with Crippen molar-refractivity contribution in [1.29, 1.82) is 0 Å². The smallest absolute Gasteiger partial charge is 0.326 e. The van der Waals surface area contributed by atoms with Crippen molar-refractivity contribution in [3.05, 3.63) is 45.8 Å². The van der Waals surface area contributed by atoms with Crippen LogP contribution in [0.1, 0.15) is 42.1 Å². The molecular formula is C18H21BrN2O5. The van der Waals surface area contributed by atoms with Crippen molar-refractivity contribution in [2.45, 2.75) is 39.8 Å². The van der Waals surface area contributed by atoms with Gasteiger partial charge in [0.1, 0.15) is 29.9 Å². The number of carbonyl (C=O) groups excluding carboxylic acids is 1. The van der Waals surface area contributed by atoms with Crippen molar-refractivity contribution in [3.8, 4) is 5.75 Å². The van der Waals surface area contributed by atoms with Crippen LogP contribution in [0.5, 0.6) is 5.75 Å². The van der Waals surface area contributed by atoms with E-state index in [2.05, 4.69) is 26.4 Å². The Morgan fingerprint density at radius 3 is 2.62 bits per heavy atom. The normalized spacial score (nSPS) is 12.0. The first-order valence-corrected chi connectivity index (χ1v) is 8.93. The molecule has 1 atom stereocenters. The molecule has 7 nitrogen and oxygen atoms in total. The Hall–Kier alpha value is -2.35. The third-order valence-electron chi connectivity index (χ3n) is 3.56. The molecule has 0 saturated carbocycles. The number of benzene rings is 1. The molecule has 8 heteroatoms. The number of rotatable bonds is 8. The fraction of sp³-hybridized carbons (Fsp3) is 0.389. The number of aliphatic carboxylic acids is 1. The van der Waals surface area contributed by atoms with Gasteiger partial charge in [0.25, 0.3) is 5.91 Å². The zero-order valence-corrected chi connectivity index (χ0v) is 16.4. The number of hydrogen-bond donors (Lipinski definition) is 2. The van der Waals surface area contributed by atoms with Gasteiger partial charge in [-0.3, -0.25) is 4.79 Å². The number of carboxylic acid groups (broad SMARTS) is 1. The number of nitrogens with zero attached hydrogens (tertiary/aromatic N) is 1. The highest BCUT2D eigenvalue weighted by molar-refractivity contribution is 9.10. The van der Waals surface area contributed by atoms with Gasteiger partial charge in [-0.05, 0) is 53.4 Å². The number of aromatic nitrogens is 1. The van der Waals surface area contributed by atoms with Crippen LogP contribution in [0.4, 0.5) is 0 Å². The minimum absolute atomic E-state index is 0.152. The number of nitrogens with one attached hydrogen (secondary N) is 1. The van der Waals surface area contributed by atoms with Gasteiger partial charge in [-0.15, -0.1) is 0 Å². The van der Waals surface area contributed by atoms with E-state index in [-0.39, 0.29) is 12.5 Å². The molecule has 0 fully saturated rings. The molecule has 0 unspecified atom stereocenters. The van der Waals surface area contributed by atoms with Crippen LogP contribution in [-0.2, 0) is 11.4 Å². The molecule has 0 spiro atoms. The van der Waals surface area contributed by atoms with Gasteiger partial charge in [0.2, 0.25) is 0 Å². The Morgan fingerprint density at radius 2 is 2.08 bits per heavy atom. The second-order valence-corrected chi connectivity index (χ2v) is 7.21. The van der Waals surface area contributed by atoms with Crippen LogP contribution in [0.3, 0.4) is 0 Å². The molecule has 1 aromatic carbocycles. The van der Waals surface area contributed by atoms with Crippen molar-refractivity contribution in [2.75, 3.05) is 0 Å². The Bertz CT molecular complexity index is 788. The van der Waals surface area contributed by atoms with Crippen molar-refractivity contribution < 1.29 is 24.0 Å². The van der Waals surface area contributed by atoms with Crippen LogP contribution < -0.4 is 10.1 Å². The molecule has 0 aliphatic carbocycles.